The maximum atomic E-state index is 12.3. The molecule has 1 aromatic carbocycles. The molecular formula is C16H21NO5. The number of carbonyl (C=O) groups is 2. The maximum absolute atomic E-state index is 12.3. The summed E-state index contributed by atoms with van der Waals surface area (Å²) in [7, 11) is 1.51. The zero-order valence-corrected chi connectivity index (χ0v) is 12.8. The fraction of sp³-hybridized carbons (Fsp3) is 0.500. The third kappa shape index (κ3) is 4.13. The minimum Gasteiger partial charge on any atom is -0.493 e. The molecule has 6 nitrogen and oxygen atoms in total. The van der Waals surface area contributed by atoms with Crippen molar-refractivity contribution in [2.24, 2.45) is 5.92 Å². The van der Waals surface area contributed by atoms with Gasteiger partial charge in [-0.25, -0.2) is 0 Å². The van der Waals surface area contributed by atoms with E-state index in [1.807, 2.05) is 6.92 Å². The molecular weight excluding hydrogens is 286 g/mol. The second kappa shape index (κ2) is 7.15. The molecule has 0 radical (unpaired) electrons. The van der Waals surface area contributed by atoms with Crippen molar-refractivity contribution in [3.63, 3.8) is 0 Å². The fourth-order valence-electron chi connectivity index (χ4n) is 2.36. The first kappa shape index (κ1) is 16.1. The molecule has 0 saturated heterocycles. The summed E-state index contributed by atoms with van der Waals surface area (Å²) in [4.78, 5) is 23.2. The van der Waals surface area contributed by atoms with Crippen LogP contribution in [-0.2, 0) is 4.79 Å². The van der Waals surface area contributed by atoms with Crippen LogP contribution in [0.15, 0.2) is 18.2 Å². The van der Waals surface area contributed by atoms with Gasteiger partial charge >= 0.3 is 5.97 Å². The molecule has 0 unspecified atom stereocenters. The molecule has 22 heavy (non-hydrogen) atoms. The van der Waals surface area contributed by atoms with Crippen LogP contribution < -0.4 is 14.8 Å². The number of benzene rings is 1. The summed E-state index contributed by atoms with van der Waals surface area (Å²) in [6.45, 7) is 2.37. The van der Waals surface area contributed by atoms with E-state index in [4.69, 9.17) is 14.6 Å². The lowest BCUT2D eigenvalue weighted by Gasteiger charge is -2.17. The predicted molar refractivity (Wildman–Crippen MR) is 80.4 cm³/mol. The highest BCUT2D eigenvalue weighted by Gasteiger charge is 2.34. The normalized spacial score (nSPS) is 15.0. The van der Waals surface area contributed by atoms with E-state index in [2.05, 4.69) is 5.32 Å². The first-order chi connectivity index (χ1) is 10.5. The lowest BCUT2D eigenvalue weighted by atomic mass is 10.1. The Morgan fingerprint density at radius 2 is 2.09 bits per heavy atom. The molecule has 1 aromatic rings. The number of carboxylic acids is 1. The average molecular weight is 307 g/mol. The van der Waals surface area contributed by atoms with Crippen LogP contribution in [0.3, 0.4) is 0 Å². The van der Waals surface area contributed by atoms with Gasteiger partial charge in [-0.15, -0.1) is 0 Å². The molecule has 0 aromatic heterocycles. The van der Waals surface area contributed by atoms with Gasteiger partial charge in [0.05, 0.1) is 20.1 Å². The Hall–Kier alpha value is -2.24. The molecule has 1 amide bonds. The molecule has 2 N–H and O–H groups in total. The topological polar surface area (TPSA) is 84.9 Å². The van der Waals surface area contributed by atoms with Crippen LogP contribution in [-0.4, -0.2) is 36.7 Å². The van der Waals surface area contributed by atoms with Gasteiger partial charge in [-0.2, -0.15) is 0 Å². The van der Waals surface area contributed by atoms with Gasteiger partial charge in [0.25, 0.3) is 5.91 Å². The van der Waals surface area contributed by atoms with Gasteiger partial charge in [-0.3, -0.25) is 9.59 Å². The van der Waals surface area contributed by atoms with E-state index < -0.39 is 5.97 Å². The van der Waals surface area contributed by atoms with Gasteiger partial charge in [0.15, 0.2) is 11.5 Å². The quantitative estimate of drug-likeness (QED) is 0.768. The summed E-state index contributed by atoms with van der Waals surface area (Å²) in [5.74, 6) is 0.132. The van der Waals surface area contributed by atoms with Gasteiger partial charge < -0.3 is 19.9 Å². The summed E-state index contributed by atoms with van der Waals surface area (Å²) in [5.41, 5.74) is 0.427. The Labute approximate surface area is 129 Å². The van der Waals surface area contributed by atoms with E-state index in [0.29, 0.717) is 23.7 Å². The maximum Gasteiger partial charge on any atom is 0.305 e. The number of nitrogens with one attached hydrogen (secondary N) is 1. The molecule has 0 heterocycles. The zero-order valence-electron chi connectivity index (χ0n) is 12.8. The molecule has 120 valence electrons. The van der Waals surface area contributed by atoms with Crippen molar-refractivity contribution in [2.45, 2.75) is 32.2 Å². The monoisotopic (exact) mass is 307 g/mol. The second-order valence-electron chi connectivity index (χ2n) is 5.31. The SMILES string of the molecule is CCOc1ccc(C(=O)N[C@H](CC(=O)O)C2CC2)cc1OC. The number of carbonyl (C=O) groups excluding carboxylic acids is 1. The third-order valence-electron chi connectivity index (χ3n) is 3.63. The van der Waals surface area contributed by atoms with E-state index in [9.17, 15) is 9.59 Å². The van der Waals surface area contributed by atoms with E-state index in [-0.39, 0.29) is 24.3 Å². The number of carboxylic acid groups (broad SMARTS) is 1. The van der Waals surface area contributed by atoms with E-state index >= 15 is 0 Å². The number of ether oxygens (including phenoxy) is 2. The van der Waals surface area contributed by atoms with Crippen molar-refractivity contribution in [2.75, 3.05) is 13.7 Å². The standard InChI is InChI=1S/C16H21NO5/c1-3-22-13-7-6-11(8-14(13)21-2)16(20)17-12(9-15(18)19)10-4-5-10/h6-8,10,12H,3-5,9H2,1-2H3,(H,17,20)(H,18,19)/t12-/m1/s1. The van der Waals surface area contributed by atoms with Gasteiger partial charge in [0.2, 0.25) is 0 Å². The van der Waals surface area contributed by atoms with Gasteiger partial charge in [-0.05, 0) is 43.9 Å². The van der Waals surface area contributed by atoms with Crippen LogP contribution in [0.25, 0.3) is 0 Å². The molecule has 1 saturated carbocycles. The first-order valence-electron chi connectivity index (χ1n) is 7.38. The van der Waals surface area contributed by atoms with Crippen molar-refractivity contribution in [1.82, 2.24) is 5.32 Å². The molecule has 0 bridgehead atoms. The minimum absolute atomic E-state index is 0.0510. The number of rotatable bonds is 8. The molecule has 6 heteroatoms. The van der Waals surface area contributed by atoms with Crippen molar-refractivity contribution in [3.05, 3.63) is 23.8 Å². The smallest absolute Gasteiger partial charge is 0.305 e. The summed E-state index contributed by atoms with van der Waals surface area (Å²) >= 11 is 0. The average Bonchev–Trinajstić information content (AvgIpc) is 3.31. The van der Waals surface area contributed by atoms with Crippen LogP contribution in [0.1, 0.15) is 36.5 Å². The molecule has 0 aliphatic heterocycles. The Kier molecular flexibility index (Phi) is 5.25. The van der Waals surface area contributed by atoms with Crippen LogP contribution in [0.2, 0.25) is 0 Å². The predicted octanol–water partition coefficient (Wildman–Crippen LogP) is 2.08. The van der Waals surface area contributed by atoms with Crippen LogP contribution in [0.5, 0.6) is 11.5 Å². The number of hydrogen-bond donors (Lipinski definition) is 2. The largest absolute Gasteiger partial charge is 0.493 e. The van der Waals surface area contributed by atoms with Crippen LogP contribution in [0, 0.1) is 5.92 Å². The Balaban J connectivity index is 2.09. The van der Waals surface area contributed by atoms with Gasteiger partial charge in [-0.1, -0.05) is 0 Å². The lowest BCUT2D eigenvalue weighted by molar-refractivity contribution is -0.137. The fourth-order valence-corrected chi connectivity index (χ4v) is 2.36. The summed E-state index contributed by atoms with van der Waals surface area (Å²) < 4.78 is 10.6. The van der Waals surface area contributed by atoms with Crippen LogP contribution in [0.4, 0.5) is 0 Å². The van der Waals surface area contributed by atoms with Crippen molar-refractivity contribution >= 4 is 11.9 Å². The second-order valence-corrected chi connectivity index (χ2v) is 5.31. The molecule has 1 aliphatic rings. The Bertz CT molecular complexity index is 553. The van der Waals surface area contributed by atoms with Gasteiger partial charge in [0.1, 0.15) is 0 Å². The first-order valence-corrected chi connectivity index (χ1v) is 7.38. The van der Waals surface area contributed by atoms with Crippen molar-refractivity contribution in [3.8, 4) is 11.5 Å². The molecule has 0 spiro atoms. The van der Waals surface area contributed by atoms with E-state index in [1.54, 1.807) is 18.2 Å². The van der Waals surface area contributed by atoms with Crippen molar-refractivity contribution in [1.29, 1.82) is 0 Å². The molecule has 1 aliphatic carbocycles. The zero-order chi connectivity index (χ0) is 16.1. The summed E-state index contributed by atoms with van der Waals surface area (Å²) in [6, 6.07) is 4.61. The minimum atomic E-state index is -0.901. The molecule has 1 fully saturated rings. The third-order valence-corrected chi connectivity index (χ3v) is 3.63. The Morgan fingerprint density at radius 3 is 2.64 bits per heavy atom. The highest BCUT2D eigenvalue weighted by Crippen LogP contribution is 2.34. The number of aliphatic carboxylic acids is 1. The molecule has 1 atom stereocenters. The van der Waals surface area contributed by atoms with E-state index in [1.165, 1.54) is 7.11 Å². The summed E-state index contributed by atoms with van der Waals surface area (Å²) in [6.07, 6.45) is 1.88. The number of methoxy groups -OCH3 is 1. The van der Waals surface area contributed by atoms with Crippen LogP contribution >= 0.6 is 0 Å². The van der Waals surface area contributed by atoms with Crippen molar-refractivity contribution < 1.29 is 24.2 Å². The number of hydrogen-bond acceptors (Lipinski definition) is 4. The van der Waals surface area contributed by atoms with E-state index in [0.717, 1.165) is 12.8 Å². The molecule has 2 rings (SSSR count). The Morgan fingerprint density at radius 1 is 1.36 bits per heavy atom. The van der Waals surface area contributed by atoms with Gasteiger partial charge in [0, 0.05) is 11.6 Å². The number of amides is 1. The highest BCUT2D eigenvalue weighted by atomic mass is 16.5. The highest BCUT2D eigenvalue weighted by molar-refractivity contribution is 5.95. The summed E-state index contributed by atoms with van der Waals surface area (Å²) in [5, 5.41) is 11.7. The lowest BCUT2D eigenvalue weighted by Crippen LogP contribution is -2.38.